The largest absolute Gasteiger partial charge is 0.480 e. The van der Waals surface area contributed by atoms with Crippen molar-refractivity contribution in [2.45, 2.75) is 58.2 Å². The molecule has 2 fully saturated rings. The number of aliphatic carboxylic acids is 1. The molecule has 2 rings (SSSR count). The van der Waals surface area contributed by atoms with E-state index in [9.17, 15) is 9.59 Å². The van der Waals surface area contributed by atoms with Gasteiger partial charge < -0.3 is 14.7 Å². The van der Waals surface area contributed by atoms with E-state index in [4.69, 9.17) is 9.84 Å². The van der Waals surface area contributed by atoms with Gasteiger partial charge in [0.25, 0.3) is 0 Å². The number of carboxylic acid groups (broad SMARTS) is 1. The molecule has 0 atom stereocenters. The third-order valence-corrected chi connectivity index (χ3v) is 3.82. The first-order chi connectivity index (χ1) is 8.74. The molecule has 1 aliphatic heterocycles. The number of hydrogen-bond donors (Lipinski definition) is 1. The lowest BCUT2D eigenvalue weighted by molar-refractivity contribution is -0.155. The van der Waals surface area contributed by atoms with Crippen molar-refractivity contribution in [1.82, 2.24) is 4.90 Å². The lowest BCUT2D eigenvalue weighted by atomic mass is 10.0. The molecule has 0 unspecified atom stereocenters. The maximum absolute atomic E-state index is 12.2. The zero-order valence-corrected chi connectivity index (χ0v) is 11.9. The van der Waals surface area contributed by atoms with Gasteiger partial charge in [-0.3, -0.25) is 9.59 Å². The molecule has 1 amide bonds. The Labute approximate surface area is 113 Å². The smallest absolute Gasteiger partial charge is 0.319 e. The molecule has 0 aromatic carbocycles. The van der Waals surface area contributed by atoms with Gasteiger partial charge in [-0.25, -0.2) is 0 Å². The molecular formula is C14H23NO4. The van der Waals surface area contributed by atoms with Crippen LogP contribution in [0.5, 0.6) is 0 Å². The second-order valence-electron chi connectivity index (χ2n) is 6.61. The van der Waals surface area contributed by atoms with Crippen molar-refractivity contribution in [3.05, 3.63) is 0 Å². The van der Waals surface area contributed by atoms with Crippen LogP contribution in [-0.2, 0) is 14.3 Å². The molecule has 19 heavy (non-hydrogen) atoms. The van der Waals surface area contributed by atoms with Gasteiger partial charge in [-0.15, -0.1) is 0 Å². The van der Waals surface area contributed by atoms with Crippen molar-refractivity contribution in [3.8, 4) is 0 Å². The van der Waals surface area contributed by atoms with Crippen LogP contribution in [0, 0.1) is 5.41 Å². The van der Waals surface area contributed by atoms with Crippen LogP contribution < -0.4 is 0 Å². The number of hydrogen-bond acceptors (Lipinski definition) is 3. The number of rotatable bonds is 3. The lowest BCUT2D eigenvalue weighted by Gasteiger charge is -2.36. The molecule has 0 spiro atoms. The summed E-state index contributed by atoms with van der Waals surface area (Å²) >= 11 is 0. The third-order valence-electron chi connectivity index (χ3n) is 3.82. The standard InChI is InChI=1S/C14H23NO4/c1-13(2,3)19-10-4-8-15(9-5-10)11(16)14(6-7-14)12(17)18/h10H,4-9H2,1-3H3,(H,17,18). The fraction of sp³-hybridized carbons (Fsp3) is 0.857. The molecule has 0 radical (unpaired) electrons. The highest BCUT2D eigenvalue weighted by Gasteiger charge is 2.58. The van der Waals surface area contributed by atoms with Gasteiger partial charge in [-0.05, 0) is 46.5 Å². The van der Waals surface area contributed by atoms with Gasteiger partial charge in [-0.2, -0.15) is 0 Å². The van der Waals surface area contributed by atoms with Crippen LogP contribution in [0.3, 0.4) is 0 Å². The van der Waals surface area contributed by atoms with Crippen molar-refractivity contribution in [2.24, 2.45) is 5.41 Å². The normalized spacial score (nSPS) is 23.2. The van der Waals surface area contributed by atoms with Crippen LogP contribution in [0.1, 0.15) is 46.5 Å². The highest BCUT2D eigenvalue weighted by Crippen LogP contribution is 2.47. The van der Waals surface area contributed by atoms with Crippen LogP contribution in [0.4, 0.5) is 0 Å². The highest BCUT2D eigenvalue weighted by atomic mass is 16.5. The SMILES string of the molecule is CC(C)(C)OC1CCN(C(=O)C2(C(=O)O)CC2)CC1. The van der Waals surface area contributed by atoms with Crippen LogP contribution in [-0.4, -0.2) is 46.7 Å². The zero-order chi connectivity index (χ0) is 14.3. The topological polar surface area (TPSA) is 66.8 Å². The minimum atomic E-state index is -1.10. The molecule has 0 bridgehead atoms. The molecule has 1 saturated carbocycles. The van der Waals surface area contributed by atoms with E-state index in [0.29, 0.717) is 25.9 Å². The Kier molecular flexibility index (Phi) is 3.60. The maximum atomic E-state index is 12.2. The van der Waals surface area contributed by atoms with Crippen molar-refractivity contribution in [2.75, 3.05) is 13.1 Å². The number of amides is 1. The number of piperidine rings is 1. The Hall–Kier alpha value is -1.10. The summed E-state index contributed by atoms with van der Waals surface area (Å²) in [5.74, 6) is -1.17. The number of carbonyl (C=O) groups excluding carboxylic acids is 1. The highest BCUT2D eigenvalue weighted by molar-refractivity contribution is 6.04. The van der Waals surface area contributed by atoms with Crippen LogP contribution in [0.15, 0.2) is 0 Å². The molecule has 5 heteroatoms. The molecule has 0 aromatic rings. The van der Waals surface area contributed by atoms with Gasteiger partial charge in [0, 0.05) is 13.1 Å². The predicted octanol–water partition coefficient (Wildman–Crippen LogP) is 1.66. The Balaban J connectivity index is 1.87. The summed E-state index contributed by atoms with van der Waals surface area (Å²) in [6, 6.07) is 0. The van der Waals surface area contributed by atoms with E-state index in [0.717, 1.165) is 12.8 Å². The molecule has 1 N–H and O–H groups in total. The Morgan fingerprint density at radius 3 is 2.11 bits per heavy atom. The predicted molar refractivity (Wildman–Crippen MR) is 69.7 cm³/mol. The minimum absolute atomic E-state index is 0.170. The van der Waals surface area contributed by atoms with Gasteiger partial charge in [0.2, 0.25) is 5.91 Å². The fourth-order valence-corrected chi connectivity index (χ4v) is 2.62. The summed E-state index contributed by atoms with van der Waals surface area (Å²) in [5, 5.41) is 9.14. The van der Waals surface area contributed by atoms with Crippen LogP contribution in [0.25, 0.3) is 0 Å². The van der Waals surface area contributed by atoms with Gasteiger partial charge in [-0.1, -0.05) is 0 Å². The minimum Gasteiger partial charge on any atom is -0.480 e. The number of carbonyl (C=O) groups is 2. The van der Waals surface area contributed by atoms with Gasteiger partial charge in [0.05, 0.1) is 11.7 Å². The van der Waals surface area contributed by atoms with Gasteiger partial charge in [0.15, 0.2) is 0 Å². The summed E-state index contributed by atoms with van der Waals surface area (Å²) < 4.78 is 5.90. The first-order valence-corrected chi connectivity index (χ1v) is 6.95. The van der Waals surface area contributed by atoms with E-state index >= 15 is 0 Å². The summed E-state index contributed by atoms with van der Waals surface area (Å²) in [6.07, 6.45) is 2.72. The molecule has 1 aliphatic carbocycles. The molecule has 1 saturated heterocycles. The van der Waals surface area contributed by atoms with E-state index < -0.39 is 11.4 Å². The first-order valence-electron chi connectivity index (χ1n) is 6.95. The Morgan fingerprint density at radius 1 is 1.21 bits per heavy atom. The molecule has 2 aliphatic rings. The summed E-state index contributed by atoms with van der Waals surface area (Å²) in [5.41, 5.74) is -1.27. The van der Waals surface area contributed by atoms with Gasteiger partial charge in [0.1, 0.15) is 5.41 Å². The Morgan fingerprint density at radius 2 is 1.74 bits per heavy atom. The summed E-state index contributed by atoms with van der Waals surface area (Å²) in [4.78, 5) is 25.1. The number of carboxylic acids is 1. The summed E-state index contributed by atoms with van der Waals surface area (Å²) in [7, 11) is 0. The number of likely N-dealkylation sites (tertiary alicyclic amines) is 1. The average Bonchev–Trinajstić information content (AvgIpc) is 3.08. The van der Waals surface area contributed by atoms with E-state index in [1.54, 1.807) is 4.90 Å². The summed E-state index contributed by atoms with van der Waals surface area (Å²) in [6.45, 7) is 7.28. The molecule has 0 aromatic heterocycles. The quantitative estimate of drug-likeness (QED) is 0.791. The lowest BCUT2D eigenvalue weighted by Crippen LogP contribution is -2.47. The van der Waals surface area contributed by atoms with Crippen molar-refractivity contribution in [1.29, 1.82) is 0 Å². The maximum Gasteiger partial charge on any atom is 0.319 e. The molecule has 5 nitrogen and oxygen atoms in total. The van der Waals surface area contributed by atoms with Crippen LogP contribution in [0.2, 0.25) is 0 Å². The second kappa shape index (κ2) is 4.78. The zero-order valence-electron chi connectivity index (χ0n) is 11.9. The number of nitrogens with zero attached hydrogens (tertiary/aromatic N) is 1. The first kappa shape index (κ1) is 14.3. The number of ether oxygens (including phenoxy) is 1. The van der Waals surface area contributed by atoms with Crippen molar-refractivity contribution < 1.29 is 19.4 Å². The van der Waals surface area contributed by atoms with E-state index in [-0.39, 0.29) is 17.6 Å². The average molecular weight is 269 g/mol. The van der Waals surface area contributed by atoms with Crippen molar-refractivity contribution in [3.63, 3.8) is 0 Å². The van der Waals surface area contributed by atoms with E-state index in [1.165, 1.54) is 0 Å². The monoisotopic (exact) mass is 269 g/mol. The third kappa shape index (κ3) is 3.08. The van der Waals surface area contributed by atoms with Crippen molar-refractivity contribution >= 4 is 11.9 Å². The Bertz CT molecular complexity index is 373. The van der Waals surface area contributed by atoms with E-state index in [2.05, 4.69) is 0 Å². The second-order valence-corrected chi connectivity index (χ2v) is 6.61. The molecule has 1 heterocycles. The van der Waals surface area contributed by atoms with Crippen LogP contribution >= 0.6 is 0 Å². The van der Waals surface area contributed by atoms with E-state index in [1.807, 2.05) is 20.8 Å². The fourth-order valence-electron chi connectivity index (χ4n) is 2.62. The molecular weight excluding hydrogens is 246 g/mol. The molecule has 108 valence electrons. The van der Waals surface area contributed by atoms with Gasteiger partial charge >= 0.3 is 5.97 Å².